The van der Waals surface area contributed by atoms with Gasteiger partial charge in [0.05, 0.1) is 56.9 Å². The first kappa shape index (κ1) is 39.9. The zero-order chi connectivity index (χ0) is 46.2. The van der Waals surface area contributed by atoms with Crippen LogP contribution in [0.1, 0.15) is 44.5 Å². The molecule has 5 heteroatoms. The predicted octanol–water partition coefficient (Wildman–Crippen LogP) is 15.5. The van der Waals surface area contributed by atoms with Gasteiger partial charge in [-0.1, -0.05) is 182 Å². The van der Waals surface area contributed by atoms with Gasteiger partial charge < -0.3 is 9.80 Å². The molecule has 1 aliphatic carbocycles. The lowest BCUT2D eigenvalue weighted by molar-refractivity contribution is 0.607. The molecule has 0 saturated heterocycles. The van der Waals surface area contributed by atoms with Crippen molar-refractivity contribution < 1.29 is 0 Å². The zero-order valence-electron chi connectivity index (χ0n) is 38.1. The van der Waals surface area contributed by atoms with Crippen LogP contribution in [0.2, 0.25) is 0 Å². The van der Waals surface area contributed by atoms with Crippen LogP contribution in [0.4, 0.5) is 34.1 Å². The summed E-state index contributed by atoms with van der Waals surface area (Å²) in [6, 6.07) is 90.4. The van der Waals surface area contributed by atoms with Crippen LogP contribution in [0.15, 0.2) is 261 Å². The van der Waals surface area contributed by atoms with E-state index < -0.39 is 10.8 Å². The average Bonchev–Trinajstić information content (AvgIpc) is 3.45. The molecule has 0 N–H and O–H groups in total. The molecule has 5 nitrogen and oxygen atoms in total. The number of hydrogen-bond acceptors (Lipinski definition) is 5. The Labute approximate surface area is 407 Å². The third kappa shape index (κ3) is 5.63. The predicted molar refractivity (Wildman–Crippen MR) is 283 cm³/mol. The highest BCUT2D eigenvalue weighted by Crippen LogP contribution is 2.67. The van der Waals surface area contributed by atoms with Crippen LogP contribution in [0, 0.1) is 0 Å². The number of fused-ring (bicyclic) bond motifs is 14. The van der Waals surface area contributed by atoms with Gasteiger partial charge in [-0.2, -0.15) is 0 Å². The molecular weight excluding hydrogens is 851 g/mol. The Hall–Kier alpha value is -9.19. The number of pyridine rings is 1. The number of nitrogens with zero attached hydrogens (tertiary/aromatic N) is 5. The van der Waals surface area contributed by atoms with E-state index in [9.17, 15) is 0 Å². The molecule has 14 rings (SSSR count). The van der Waals surface area contributed by atoms with E-state index in [0.29, 0.717) is 5.82 Å². The molecule has 11 aromatic rings. The molecule has 3 aliphatic rings. The van der Waals surface area contributed by atoms with E-state index in [1.54, 1.807) is 0 Å². The quantitative estimate of drug-likeness (QED) is 0.172. The Morgan fingerprint density at radius 3 is 1.03 bits per heavy atom. The molecule has 4 heterocycles. The summed E-state index contributed by atoms with van der Waals surface area (Å²) in [4.78, 5) is 19.8. The molecule has 2 spiro atoms. The second kappa shape index (κ2) is 15.7. The largest absolute Gasteiger partial charge is 0.310 e. The first-order valence-electron chi connectivity index (χ1n) is 23.9. The van der Waals surface area contributed by atoms with E-state index in [1.807, 2.05) is 30.6 Å². The van der Waals surface area contributed by atoms with Crippen molar-refractivity contribution in [2.75, 3.05) is 9.80 Å². The molecule has 0 saturated carbocycles. The van der Waals surface area contributed by atoms with Crippen LogP contribution in [0.3, 0.4) is 0 Å². The van der Waals surface area contributed by atoms with Crippen LogP contribution in [0.25, 0.3) is 33.9 Å². The van der Waals surface area contributed by atoms with Gasteiger partial charge in [-0.05, 0) is 111 Å². The standard InChI is InChI=1S/C65H43N5/c1-3-20-44(21-4-1)57-42-58(45-22-5-2-6-23-45)68-63(67-57)46-37-39-47(40-38-46)69-59-33-15-11-29-53(59)64(54-30-12-16-34-60(54)69)49-25-7-9-27-51(49)65(52-28-10-8-26-50(52)64)55-31-13-17-35-61(55)70(48-24-19-41-66-43-48)62-36-18-14-32-56(62)65/h1-43H. The van der Waals surface area contributed by atoms with Crippen molar-refractivity contribution in [1.82, 2.24) is 15.0 Å². The van der Waals surface area contributed by atoms with E-state index in [2.05, 4.69) is 245 Å². The highest BCUT2D eigenvalue weighted by Gasteiger charge is 2.58. The molecule has 70 heavy (non-hydrogen) atoms. The number of rotatable bonds is 5. The monoisotopic (exact) mass is 893 g/mol. The third-order valence-electron chi connectivity index (χ3n) is 14.8. The SMILES string of the molecule is c1ccc(-c2cc(-c3ccccc3)nc(-c3ccc(N4c5ccccc5C5(c6ccccc64)c4ccccc4C4(c6ccccc6N(c6cccnc6)c6ccccc64)c4ccccc45)cc3)n2)cc1. The lowest BCUT2D eigenvalue weighted by atomic mass is 9.49. The third-order valence-corrected chi connectivity index (χ3v) is 14.8. The van der Waals surface area contributed by atoms with Crippen LogP contribution in [-0.2, 0) is 10.8 Å². The summed E-state index contributed by atoms with van der Waals surface area (Å²) in [7, 11) is 0. The van der Waals surface area contributed by atoms with Gasteiger partial charge in [-0.25, -0.2) is 9.97 Å². The molecule has 0 radical (unpaired) electrons. The summed E-state index contributed by atoms with van der Waals surface area (Å²) in [5, 5.41) is 0. The molecule has 0 bridgehead atoms. The van der Waals surface area contributed by atoms with Gasteiger partial charge in [0.1, 0.15) is 0 Å². The minimum Gasteiger partial charge on any atom is -0.310 e. The summed E-state index contributed by atoms with van der Waals surface area (Å²) < 4.78 is 0. The lowest BCUT2D eigenvalue weighted by Crippen LogP contribution is -2.49. The van der Waals surface area contributed by atoms with Crippen molar-refractivity contribution in [3.05, 3.63) is 306 Å². The number of aromatic nitrogens is 3. The summed E-state index contributed by atoms with van der Waals surface area (Å²) in [5.74, 6) is 0.684. The summed E-state index contributed by atoms with van der Waals surface area (Å²) in [6.07, 6.45) is 3.82. The molecule has 0 atom stereocenters. The smallest absolute Gasteiger partial charge is 0.160 e. The molecule has 328 valence electrons. The Bertz CT molecular complexity index is 3590. The van der Waals surface area contributed by atoms with Crippen molar-refractivity contribution in [1.29, 1.82) is 0 Å². The van der Waals surface area contributed by atoms with Crippen LogP contribution in [0.5, 0.6) is 0 Å². The fourth-order valence-corrected chi connectivity index (χ4v) is 12.1. The fourth-order valence-electron chi connectivity index (χ4n) is 12.1. The first-order chi connectivity index (χ1) is 34.7. The second-order valence-corrected chi connectivity index (χ2v) is 18.3. The Balaban J connectivity index is 0.973. The number of hydrogen-bond donors (Lipinski definition) is 0. The minimum absolute atomic E-state index is 0.651. The minimum atomic E-state index is -0.675. The van der Waals surface area contributed by atoms with Gasteiger partial charge in [-0.15, -0.1) is 0 Å². The van der Waals surface area contributed by atoms with Gasteiger partial charge >= 0.3 is 0 Å². The number of benzene rings is 9. The Morgan fingerprint density at radius 1 is 0.286 bits per heavy atom. The molecule has 9 aromatic carbocycles. The van der Waals surface area contributed by atoms with E-state index >= 15 is 0 Å². The van der Waals surface area contributed by atoms with Crippen molar-refractivity contribution in [3.8, 4) is 33.9 Å². The second-order valence-electron chi connectivity index (χ2n) is 18.3. The first-order valence-corrected chi connectivity index (χ1v) is 23.9. The van der Waals surface area contributed by atoms with Crippen molar-refractivity contribution >= 4 is 34.1 Å². The molecule has 2 aliphatic heterocycles. The van der Waals surface area contributed by atoms with E-state index in [0.717, 1.165) is 62.2 Å². The number of anilines is 6. The molecule has 0 amide bonds. The molecule has 0 unspecified atom stereocenters. The van der Waals surface area contributed by atoms with Crippen molar-refractivity contribution in [2.24, 2.45) is 0 Å². The molecule has 0 fully saturated rings. The summed E-state index contributed by atoms with van der Waals surface area (Å²) in [5.41, 5.74) is 20.2. The normalized spacial score (nSPS) is 14.2. The van der Waals surface area contributed by atoms with Gasteiger partial charge in [0.2, 0.25) is 0 Å². The van der Waals surface area contributed by atoms with Crippen LogP contribution >= 0.6 is 0 Å². The maximum atomic E-state index is 5.17. The Morgan fingerprint density at radius 2 is 0.643 bits per heavy atom. The summed E-state index contributed by atoms with van der Waals surface area (Å²) in [6.45, 7) is 0. The van der Waals surface area contributed by atoms with E-state index in [4.69, 9.17) is 9.97 Å². The van der Waals surface area contributed by atoms with E-state index in [-0.39, 0.29) is 0 Å². The lowest BCUT2D eigenvalue weighted by Gasteiger charge is -2.56. The van der Waals surface area contributed by atoms with Gasteiger partial charge in [0.25, 0.3) is 0 Å². The summed E-state index contributed by atoms with van der Waals surface area (Å²) >= 11 is 0. The zero-order valence-corrected chi connectivity index (χ0v) is 38.1. The van der Waals surface area contributed by atoms with Gasteiger partial charge in [0, 0.05) is 28.6 Å². The van der Waals surface area contributed by atoms with Crippen LogP contribution < -0.4 is 9.80 Å². The fraction of sp³-hybridized carbons (Fsp3) is 0.0308. The highest BCUT2D eigenvalue weighted by atomic mass is 15.2. The maximum absolute atomic E-state index is 5.17. The number of para-hydroxylation sites is 4. The van der Waals surface area contributed by atoms with Crippen molar-refractivity contribution in [3.63, 3.8) is 0 Å². The molecular formula is C65H43N5. The van der Waals surface area contributed by atoms with Crippen LogP contribution in [-0.4, -0.2) is 15.0 Å². The van der Waals surface area contributed by atoms with E-state index in [1.165, 1.54) is 44.5 Å². The maximum Gasteiger partial charge on any atom is 0.160 e. The van der Waals surface area contributed by atoms with Gasteiger partial charge in [0.15, 0.2) is 5.82 Å². The van der Waals surface area contributed by atoms with Crippen molar-refractivity contribution in [2.45, 2.75) is 10.8 Å². The van der Waals surface area contributed by atoms with Gasteiger partial charge in [-0.3, -0.25) is 4.98 Å². The topological polar surface area (TPSA) is 45.2 Å². The molecule has 2 aromatic heterocycles. The Kier molecular flexibility index (Phi) is 8.95. The average molecular weight is 894 g/mol. The highest BCUT2D eigenvalue weighted by molar-refractivity contribution is 5.95.